The van der Waals surface area contributed by atoms with Crippen LogP contribution in [0.1, 0.15) is 27.9 Å². The summed E-state index contributed by atoms with van der Waals surface area (Å²) in [6.07, 6.45) is -3.34. The van der Waals surface area contributed by atoms with E-state index in [0.717, 1.165) is 29.5 Å². The molecule has 0 aromatic heterocycles. The highest BCUT2D eigenvalue weighted by atomic mass is 35.5. The number of nitrogens with zero attached hydrogens (tertiary/aromatic N) is 1. The largest absolute Gasteiger partial charge is 0.496 e. The number of alkyl halides is 3. The van der Waals surface area contributed by atoms with Gasteiger partial charge in [-0.25, -0.2) is 0 Å². The molecule has 32 heavy (non-hydrogen) atoms. The zero-order chi connectivity index (χ0) is 22.8. The minimum atomic E-state index is -4.56. The van der Waals surface area contributed by atoms with E-state index in [-0.39, 0.29) is 35.0 Å². The number of amides is 1. The number of β-amino-alcohol motifs (C(OH)–C–C–N with tert-alkyl or cyclic N) is 1. The van der Waals surface area contributed by atoms with Crippen LogP contribution in [-0.2, 0) is 11.7 Å². The summed E-state index contributed by atoms with van der Waals surface area (Å²) in [5, 5.41) is 13.5. The predicted octanol–water partition coefficient (Wildman–Crippen LogP) is 4.18. The first-order valence-electron chi connectivity index (χ1n) is 9.67. The number of hydrogen-bond acceptors (Lipinski definition) is 5. The number of benzene rings is 2. The van der Waals surface area contributed by atoms with Crippen molar-refractivity contribution in [3.63, 3.8) is 0 Å². The van der Waals surface area contributed by atoms with E-state index in [0.29, 0.717) is 13.1 Å². The average molecular weight is 491 g/mol. The Morgan fingerprint density at radius 3 is 2.47 bits per heavy atom. The van der Waals surface area contributed by atoms with Gasteiger partial charge in [0.1, 0.15) is 5.75 Å². The smallest absolute Gasteiger partial charge is 0.416 e. The summed E-state index contributed by atoms with van der Waals surface area (Å²) in [6.45, 7) is 0.904. The van der Waals surface area contributed by atoms with Crippen molar-refractivity contribution in [3.05, 3.63) is 59.2 Å². The molecule has 2 aromatic carbocycles. The number of aliphatic hydroxyl groups is 1. The lowest BCUT2D eigenvalue weighted by molar-refractivity contribution is -0.137. The van der Waals surface area contributed by atoms with E-state index in [4.69, 9.17) is 4.74 Å². The molecule has 1 amide bonds. The Morgan fingerprint density at radius 1 is 1.28 bits per heavy atom. The number of halogens is 4. The highest BCUT2D eigenvalue weighted by Gasteiger charge is 2.42. The maximum Gasteiger partial charge on any atom is 0.416 e. The van der Waals surface area contributed by atoms with Gasteiger partial charge in [-0.1, -0.05) is 30.3 Å². The quantitative estimate of drug-likeness (QED) is 0.616. The van der Waals surface area contributed by atoms with E-state index in [1.807, 2.05) is 42.3 Å². The van der Waals surface area contributed by atoms with E-state index in [2.05, 4.69) is 5.32 Å². The molecule has 2 aromatic rings. The average Bonchev–Trinajstić information content (AvgIpc) is 2.71. The number of carbonyl (C=O) groups excluding carboxylic acids is 1. The summed E-state index contributed by atoms with van der Waals surface area (Å²) >= 11 is 1.04. The van der Waals surface area contributed by atoms with Gasteiger partial charge in [-0.2, -0.15) is 13.2 Å². The van der Waals surface area contributed by atoms with Crippen LogP contribution in [0.5, 0.6) is 5.75 Å². The second kappa shape index (κ2) is 10.3. The van der Waals surface area contributed by atoms with Gasteiger partial charge >= 0.3 is 6.18 Å². The number of hydrogen-bond donors (Lipinski definition) is 2. The van der Waals surface area contributed by atoms with Crippen LogP contribution in [0.3, 0.4) is 0 Å². The zero-order valence-corrected chi connectivity index (χ0v) is 19.5. The fourth-order valence-corrected chi connectivity index (χ4v) is 4.77. The highest BCUT2D eigenvalue weighted by Crippen LogP contribution is 2.39. The third-order valence-corrected chi connectivity index (χ3v) is 6.15. The van der Waals surface area contributed by atoms with E-state index >= 15 is 0 Å². The van der Waals surface area contributed by atoms with Gasteiger partial charge in [-0.05, 0) is 31.0 Å². The number of rotatable bonds is 5. The molecular weight excluding hydrogens is 465 g/mol. The van der Waals surface area contributed by atoms with Gasteiger partial charge in [0.15, 0.2) is 0 Å². The molecule has 0 radical (unpaired) electrons. The van der Waals surface area contributed by atoms with Crippen molar-refractivity contribution >= 4 is 30.1 Å². The number of likely N-dealkylation sites (tertiary alicyclic amines) is 1. The highest BCUT2D eigenvalue weighted by molar-refractivity contribution is 7.98. The molecule has 3 rings (SSSR count). The number of piperidine rings is 1. The monoisotopic (exact) mass is 490 g/mol. The summed E-state index contributed by atoms with van der Waals surface area (Å²) in [5.74, 6) is -0.703. The van der Waals surface area contributed by atoms with Gasteiger partial charge in [0.2, 0.25) is 0 Å². The Bertz CT molecular complexity index is 909. The molecule has 1 saturated heterocycles. The Labute approximate surface area is 195 Å². The van der Waals surface area contributed by atoms with Gasteiger partial charge in [-0.3, -0.25) is 4.79 Å². The van der Waals surface area contributed by atoms with Gasteiger partial charge in [-0.15, -0.1) is 24.2 Å². The summed E-state index contributed by atoms with van der Waals surface area (Å²) in [5.41, 5.74) is -0.934. The fourth-order valence-electron chi connectivity index (χ4n) is 4.12. The van der Waals surface area contributed by atoms with Crippen LogP contribution in [0.25, 0.3) is 0 Å². The lowest BCUT2D eigenvalue weighted by Crippen LogP contribution is -2.59. The van der Waals surface area contributed by atoms with Crippen molar-refractivity contribution in [3.8, 4) is 5.75 Å². The molecule has 5 nitrogen and oxygen atoms in total. The van der Waals surface area contributed by atoms with Gasteiger partial charge in [0.05, 0.1) is 29.9 Å². The van der Waals surface area contributed by atoms with Crippen molar-refractivity contribution < 1.29 is 27.8 Å². The molecule has 10 heteroatoms. The van der Waals surface area contributed by atoms with Crippen LogP contribution >= 0.6 is 24.2 Å². The lowest BCUT2D eigenvalue weighted by Gasteiger charge is -2.44. The molecule has 2 N–H and O–H groups in total. The Kier molecular flexibility index (Phi) is 8.50. The first-order valence-corrected chi connectivity index (χ1v) is 10.9. The van der Waals surface area contributed by atoms with Gasteiger partial charge in [0.25, 0.3) is 5.91 Å². The van der Waals surface area contributed by atoms with Crippen LogP contribution in [0.4, 0.5) is 13.2 Å². The molecule has 1 heterocycles. The summed E-state index contributed by atoms with van der Waals surface area (Å²) < 4.78 is 45.1. The SMILES string of the molecule is COc1cc(C(F)(F)F)cc(SC)c1C(=O)N[C@@]1(c2ccccc2)C[C@H](O)CN(C)C1.Cl. The topological polar surface area (TPSA) is 61.8 Å². The van der Waals surface area contributed by atoms with Crippen molar-refractivity contribution in [2.24, 2.45) is 0 Å². The first kappa shape index (κ1) is 26.3. The minimum absolute atomic E-state index is 0. The van der Waals surface area contributed by atoms with Crippen LogP contribution in [0, 0.1) is 0 Å². The molecule has 0 unspecified atom stereocenters. The van der Waals surface area contributed by atoms with Crippen LogP contribution < -0.4 is 10.1 Å². The fraction of sp³-hybridized carbons (Fsp3) is 0.409. The van der Waals surface area contributed by atoms with Gasteiger partial charge in [0, 0.05) is 24.4 Å². The third kappa shape index (κ3) is 5.51. The molecule has 0 saturated carbocycles. The minimum Gasteiger partial charge on any atom is -0.496 e. The van der Waals surface area contributed by atoms with Crippen LogP contribution in [0.2, 0.25) is 0 Å². The standard InChI is InChI=1S/C22H25F3N2O3S.ClH/c1-27-12-16(28)11-21(13-27,14-7-5-4-6-8-14)26-20(29)19-17(30-2)9-15(22(23,24)25)10-18(19)31-3;/h4-10,16,28H,11-13H2,1-3H3,(H,26,29);1H/t16-,21-;/m0./s1. The summed E-state index contributed by atoms with van der Waals surface area (Å²) in [7, 11) is 3.08. The van der Waals surface area contributed by atoms with E-state index in [1.165, 1.54) is 7.11 Å². The van der Waals surface area contributed by atoms with E-state index < -0.39 is 29.3 Å². The number of aliphatic hydroxyl groups excluding tert-OH is 1. The Hall–Kier alpha value is -1.94. The molecule has 1 fully saturated rings. The van der Waals surface area contributed by atoms with Crippen molar-refractivity contribution in [2.45, 2.75) is 29.1 Å². The predicted molar refractivity (Wildman–Crippen MR) is 121 cm³/mol. The van der Waals surface area contributed by atoms with Crippen LogP contribution in [0.15, 0.2) is 47.4 Å². The Balaban J connectivity index is 0.00000363. The molecule has 1 aliphatic rings. The summed E-state index contributed by atoms with van der Waals surface area (Å²) in [4.78, 5) is 15.5. The van der Waals surface area contributed by atoms with Crippen LogP contribution in [-0.4, -0.2) is 55.5 Å². The zero-order valence-electron chi connectivity index (χ0n) is 17.9. The number of methoxy groups -OCH3 is 1. The summed E-state index contributed by atoms with van der Waals surface area (Å²) in [6, 6.07) is 11.1. The van der Waals surface area contributed by atoms with E-state index in [1.54, 1.807) is 6.26 Å². The second-order valence-electron chi connectivity index (χ2n) is 7.71. The van der Waals surface area contributed by atoms with Crippen molar-refractivity contribution in [2.75, 3.05) is 33.5 Å². The molecule has 0 aliphatic carbocycles. The molecule has 0 bridgehead atoms. The number of likely N-dealkylation sites (N-methyl/N-ethyl adjacent to an activating group) is 1. The molecule has 176 valence electrons. The van der Waals surface area contributed by atoms with Crippen molar-refractivity contribution in [1.82, 2.24) is 10.2 Å². The number of ether oxygens (including phenoxy) is 1. The normalized spacial score (nSPS) is 21.5. The number of nitrogens with one attached hydrogen (secondary N) is 1. The van der Waals surface area contributed by atoms with Gasteiger partial charge < -0.3 is 20.1 Å². The van der Waals surface area contributed by atoms with Crippen molar-refractivity contribution in [1.29, 1.82) is 0 Å². The molecule has 1 aliphatic heterocycles. The van der Waals surface area contributed by atoms with E-state index in [9.17, 15) is 23.1 Å². The lowest BCUT2D eigenvalue weighted by atomic mass is 9.81. The maximum atomic E-state index is 13.4. The first-order chi connectivity index (χ1) is 14.6. The molecule has 0 spiro atoms. The second-order valence-corrected chi connectivity index (χ2v) is 8.56. The number of carbonyl (C=O) groups is 1. The maximum absolute atomic E-state index is 13.4. The molecular formula is C22H26ClF3N2O3S. The third-order valence-electron chi connectivity index (χ3n) is 5.39. The Morgan fingerprint density at radius 2 is 1.94 bits per heavy atom. The molecule has 2 atom stereocenters. The number of thioether (sulfide) groups is 1.